The fourth-order valence-corrected chi connectivity index (χ4v) is 1.74. The van der Waals surface area contributed by atoms with Crippen LogP contribution in [0.2, 0.25) is 5.02 Å². The molecule has 0 aliphatic carbocycles. The Morgan fingerprint density at radius 3 is 2.53 bits per heavy atom. The van der Waals surface area contributed by atoms with Crippen LogP contribution < -0.4 is 5.32 Å². The Morgan fingerprint density at radius 2 is 1.89 bits per heavy atom. The zero-order chi connectivity index (χ0) is 13.9. The van der Waals surface area contributed by atoms with E-state index in [2.05, 4.69) is 36.2 Å². The van der Waals surface area contributed by atoms with Crippen LogP contribution in [0.25, 0.3) is 11.4 Å². The Hall–Kier alpha value is -1.39. The van der Waals surface area contributed by atoms with Crippen LogP contribution in [0, 0.1) is 0 Å². The van der Waals surface area contributed by atoms with Crippen molar-refractivity contribution in [1.82, 2.24) is 15.5 Å². The predicted molar refractivity (Wildman–Crippen MR) is 76.2 cm³/mol. The van der Waals surface area contributed by atoms with Crippen LogP contribution in [0.15, 0.2) is 28.8 Å². The molecule has 0 radical (unpaired) electrons. The van der Waals surface area contributed by atoms with Gasteiger partial charge in [0.25, 0.3) is 0 Å². The molecule has 0 bridgehead atoms. The summed E-state index contributed by atoms with van der Waals surface area (Å²) in [5, 5.41) is 8.05. The van der Waals surface area contributed by atoms with E-state index in [1.807, 2.05) is 24.3 Å². The van der Waals surface area contributed by atoms with Crippen LogP contribution in [-0.4, -0.2) is 22.2 Å². The summed E-state index contributed by atoms with van der Waals surface area (Å²) >= 11 is 5.84. The highest BCUT2D eigenvalue weighted by Gasteiger charge is 2.11. The second-order valence-corrected chi connectivity index (χ2v) is 5.88. The third-order valence-electron chi connectivity index (χ3n) is 2.56. The highest BCUT2D eigenvalue weighted by Crippen LogP contribution is 2.18. The molecule has 1 heterocycles. The summed E-state index contributed by atoms with van der Waals surface area (Å²) < 4.78 is 5.23. The molecule has 19 heavy (non-hydrogen) atoms. The van der Waals surface area contributed by atoms with E-state index in [0.717, 1.165) is 18.5 Å². The smallest absolute Gasteiger partial charge is 0.228 e. The summed E-state index contributed by atoms with van der Waals surface area (Å²) in [5.41, 5.74) is 1.00. The van der Waals surface area contributed by atoms with Crippen LogP contribution in [0.1, 0.15) is 26.7 Å². The minimum atomic E-state index is 0.0963. The van der Waals surface area contributed by atoms with Gasteiger partial charge in [-0.2, -0.15) is 4.98 Å². The van der Waals surface area contributed by atoms with E-state index in [-0.39, 0.29) is 5.54 Å². The molecule has 1 aromatic heterocycles. The molecule has 1 aromatic carbocycles. The van der Waals surface area contributed by atoms with Gasteiger partial charge >= 0.3 is 0 Å². The van der Waals surface area contributed by atoms with Crippen LogP contribution in [0.3, 0.4) is 0 Å². The molecule has 102 valence electrons. The van der Waals surface area contributed by atoms with Crippen molar-refractivity contribution < 1.29 is 4.52 Å². The number of nitrogens with zero attached hydrogens (tertiary/aromatic N) is 2. The normalized spacial score (nSPS) is 11.8. The average molecular weight is 280 g/mol. The molecular formula is C14H18ClN3O. The molecule has 0 spiro atoms. The van der Waals surface area contributed by atoms with Crippen LogP contribution in [0.5, 0.6) is 0 Å². The number of nitrogens with one attached hydrogen (secondary N) is 1. The van der Waals surface area contributed by atoms with E-state index >= 15 is 0 Å². The second-order valence-electron chi connectivity index (χ2n) is 5.45. The van der Waals surface area contributed by atoms with Gasteiger partial charge in [-0.3, -0.25) is 0 Å². The van der Waals surface area contributed by atoms with Crippen molar-refractivity contribution in [3.8, 4) is 11.4 Å². The van der Waals surface area contributed by atoms with E-state index in [9.17, 15) is 0 Å². The molecule has 5 heteroatoms. The van der Waals surface area contributed by atoms with Crippen molar-refractivity contribution in [2.24, 2.45) is 0 Å². The van der Waals surface area contributed by atoms with Crippen LogP contribution >= 0.6 is 11.6 Å². The Bertz CT molecular complexity index is 528. The maximum Gasteiger partial charge on any atom is 0.228 e. The number of hydrogen-bond acceptors (Lipinski definition) is 4. The molecule has 0 atom stereocenters. The van der Waals surface area contributed by atoms with Crippen molar-refractivity contribution >= 4 is 11.6 Å². The van der Waals surface area contributed by atoms with Gasteiger partial charge < -0.3 is 9.84 Å². The van der Waals surface area contributed by atoms with Crippen molar-refractivity contribution in [2.45, 2.75) is 32.7 Å². The molecule has 0 unspecified atom stereocenters. The zero-order valence-corrected chi connectivity index (χ0v) is 12.2. The lowest BCUT2D eigenvalue weighted by Gasteiger charge is -2.19. The fraction of sp³-hybridized carbons (Fsp3) is 0.429. The quantitative estimate of drug-likeness (QED) is 0.933. The van der Waals surface area contributed by atoms with E-state index in [1.54, 1.807) is 0 Å². The molecule has 2 aromatic rings. The number of rotatable bonds is 4. The van der Waals surface area contributed by atoms with Gasteiger partial charge in [-0.05, 0) is 45.0 Å². The number of aromatic nitrogens is 2. The summed E-state index contributed by atoms with van der Waals surface area (Å²) in [4.78, 5) is 4.37. The third kappa shape index (κ3) is 4.33. The van der Waals surface area contributed by atoms with Crippen molar-refractivity contribution in [3.05, 3.63) is 35.2 Å². The van der Waals surface area contributed by atoms with E-state index < -0.39 is 0 Å². The van der Waals surface area contributed by atoms with Gasteiger partial charge in [0, 0.05) is 29.1 Å². The van der Waals surface area contributed by atoms with Gasteiger partial charge in [0.05, 0.1) is 0 Å². The number of hydrogen-bond donors (Lipinski definition) is 1. The average Bonchev–Trinajstić information content (AvgIpc) is 2.77. The second kappa shape index (κ2) is 5.72. The molecular weight excluding hydrogens is 262 g/mol. The topological polar surface area (TPSA) is 51.0 Å². The Balaban J connectivity index is 1.97. The third-order valence-corrected chi connectivity index (χ3v) is 2.82. The summed E-state index contributed by atoms with van der Waals surface area (Å²) in [5.74, 6) is 1.24. The van der Waals surface area contributed by atoms with Crippen molar-refractivity contribution in [1.29, 1.82) is 0 Å². The van der Waals surface area contributed by atoms with Gasteiger partial charge in [0.1, 0.15) is 0 Å². The molecule has 1 N–H and O–H groups in total. The van der Waals surface area contributed by atoms with E-state index in [1.165, 1.54) is 0 Å². The van der Waals surface area contributed by atoms with Gasteiger partial charge in [-0.15, -0.1) is 0 Å². The molecule has 2 rings (SSSR count). The molecule has 0 aliphatic rings. The largest absolute Gasteiger partial charge is 0.339 e. The van der Waals surface area contributed by atoms with Crippen LogP contribution in [0.4, 0.5) is 0 Å². The van der Waals surface area contributed by atoms with E-state index in [4.69, 9.17) is 16.1 Å². The molecule has 0 aliphatic heterocycles. The summed E-state index contributed by atoms with van der Waals surface area (Å²) in [6, 6.07) is 7.39. The predicted octanol–water partition coefficient (Wildman–Crippen LogP) is 3.32. The van der Waals surface area contributed by atoms with Crippen molar-refractivity contribution in [2.75, 3.05) is 6.54 Å². The zero-order valence-electron chi connectivity index (χ0n) is 11.4. The maximum absolute atomic E-state index is 5.84. The highest BCUT2D eigenvalue weighted by molar-refractivity contribution is 6.30. The lowest BCUT2D eigenvalue weighted by atomic mass is 10.1. The van der Waals surface area contributed by atoms with Crippen molar-refractivity contribution in [3.63, 3.8) is 0 Å². The summed E-state index contributed by atoms with van der Waals surface area (Å²) in [6.07, 6.45) is 0.720. The molecule has 0 amide bonds. The maximum atomic E-state index is 5.84. The standard InChI is InChI=1S/C14H18ClN3O/c1-14(2,3)16-9-8-12-17-13(18-19-12)10-4-6-11(15)7-5-10/h4-7,16H,8-9H2,1-3H3. The van der Waals surface area contributed by atoms with Gasteiger partial charge in [-0.1, -0.05) is 16.8 Å². The van der Waals surface area contributed by atoms with Crippen LogP contribution in [-0.2, 0) is 6.42 Å². The lowest BCUT2D eigenvalue weighted by molar-refractivity contribution is 0.362. The Kier molecular flexibility index (Phi) is 4.22. The molecule has 0 saturated carbocycles. The first-order chi connectivity index (χ1) is 8.94. The molecule has 0 saturated heterocycles. The minimum absolute atomic E-state index is 0.0963. The molecule has 0 fully saturated rings. The van der Waals surface area contributed by atoms with Gasteiger partial charge in [0.15, 0.2) is 0 Å². The van der Waals surface area contributed by atoms with Gasteiger partial charge in [0.2, 0.25) is 11.7 Å². The summed E-state index contributed by atoms with van der Waals surface area (Å²) in [6.45, 7) is 7.19. The number of benzene rings is 1. The van der Waals surface area contributed by atoms with Gasteiger partial charge in [-0.25, -0.2) is 0 Å². The number of halogens is 1. The lowest BCUT2D eigenvalue weighted by Crippen LogP contribution is -2.37. The minimum Gasteiger partial charge on any atom is -0.339 e. The fourth-order valence-electron chi connectivity index (χ4n) is 1.62. The van der Waals surface area contributed by atoms with E-state index in [0.29, 0.717) is 16.7 Å². The first-order valence-electron chi connectivity index (χ1n) is 6.27. The highest BCUT2D eigenvalue weighted by atomic mass is 35.5. The molecule has 4 nitrogen and oxygen atoms in total. The SMILES string of the molecule is CC(C)(C)NCCc1nc(-c2ccc(Cl)cc2)no1. The summed E-state index contributed by atoms with van der Waals surface area (Å²) in [7, 11) is 0. The Labute approximate surface area is 118 Å². The Morgan fingerprint density at radius 1 is 1.21 bits per heavy atom. The first-order valence-corrected chi connectivity index (χ1v) is 6.65. The monoisotopic (exact) mass is 279 g/mol. The first kappa shape index (κ1) is 14.0.